The summed E-state index contributed by atoms with van der Waals surface area (Å²) in [4.78, 5) is 17.4. The SMILES string of the molecule is COc1ccc(C(=O)NCCc2nc3ccccc3n2CCCOc2cccc3ccccc23)cc1. The number of hydrogen-bond acceptors (Lipinski definition) is 4. The number of carbonyl (C=O) groups is 1. The molecule has 36 heavy (non-hydrogen) atoms. The van der Waals surface area contributed by atoms with Gasteiger partial charge in [0.2, 0.25) is 0 Å². The van der Waals surface area contributed by atoms with E-state index in [-0.39, 0.29) is 5.91 Å². The van der Waals surface area contributed by atoms with Gasteiger partial charge in [-0.2, -0.15) is 0 Å². The summed E-state index contributed by atoms with van der Waals surface area (Å²) in [5.41, 5.74) is 2.66. The van der Waals surface area contributed by atoms with Gasteiger partial charge in [-0.15, -0.1) is 0 Å². The average molecular weight is 480 g/mol. The number of nitrogens with zero attached hydrogens (tertiary/aromatic N) is 2. The van der Waals surface area contributed by atoms with Gasteiger partial charge in [0, 0.05) is 30.5 Å². The van der Waals surface area contributed by atoms with E-state index < -0.39 is 0 Å². The van der Waals surface area contributed by atoms with E-state index in [1.54, 1.807) is 31.4 Å². The highest BCUT2D eigenvalue weighted by atomic mass is 16.5. The van der Waals surface area contributed by atoms with Crippen molar-refractivity contribution in [1.82, 2.24) is 14.9 Å². The Labute approximate surface area is 210 Å². The van der Waals surface area contributed by atoms with Crippen LogP contribution in [0.4, 0.5) is 0 Å². The Kier molecular flexibility index (Phi) is 7.12. The summed E-state index contributed by atoms with van der Waals surface area (Å²) in [6.07, 6.45) is 1.48. The fourth-order valence-electron chi connectivity index (χ4n) is 4.42. The molecule has 0 aliphatic carbocycles. The molecule has 1 amide bonds. The molecular weight excluding hydrogens is 450 g/mol. The summed E-state index contributed by atoms with van der Waals surface area (Å²) < 4.78 is 13.5. The number of ether oxygens (including phenoxy) is 2. The Morgan fingerprint density at radius 3 is 2.56 bits per heavy atom. The number of fused-ring (bicyclic) bond motifs is 2. The van der Waals surface area contributed by atoms with Gasteiger partial charge >= 0.3 is 0 Å². The van der Waals surface area contributed by atoms with Crippen LogP contribution in [0.5, 0.6) is 11.5 Å². The first-order chi connectivity index (χ1) is 17.7. The lowest BCUT2D eigenvalue weighted by atomic mass is 10.1. The number of aryl methyl sites for hydroxylation is 1. The normalized spacial score (nSPS) is 11.0. The molecule has 0 aliphatic rings. The largest absolute Gasteiger partial charge is 0.497 e. The zero-order chi connectivity index (χ0) is 24.7. The number of nitrogens with one attached hydrogen (secondary N) is 1. The number of hydrogen-bond donors (Lipinski definition) is 1. The number of methoxy groups -OCH3 is 1. The molecule has 1 aromatic heterocycles. The minimum absolute atomic E-state index is 0.108. The molecule has 1 heterocycles. The molecule has 0 bridgehead atoms. The Balaban J connectivity index is 1.22. The van der Waals surface area contributed by atoms with E-state index in [0.29, 0.717) is 25.1 Å². The molecule has 0 saturated heterocycles. The Morgan fingerprint density at radius 2 is 1.69 bits per heavy atom. The van der Waals surface area contributed by atoms with Gasteiger partial charge in [0.25, 0.3) is 5.91 Å². The molecule has 182 valence electrons. The smallest absolute Gasteiger partial charge is 0.251 e. The lowest BCUT2D eigenvalue weighted by Gasteiger charge is -2.12. The molecule has 0 unspecified atom stereocenters. The number of carbonyl (C=O) groups excluding carboxylic acids is 1. The van der Waals surface area contributed by atoms with E-state index in [1.807, 2.05) is 42.5 Å². The van der Waals surface area contributed by atoms with E-state index in [9.17, 15) is 4.79 Å². The van der Waals surface area contributed by atoms with Crippen molar-refractivity contribution in [2.24, 2.45) is 0 Å². The van der Waals surface area contributed by atoms with Crippen LogP contribution in [0.3, 0.4) is 0 Å². The van der Waals surface area contributed by atoms with Gasteiger partial charge in [-0.25, -0.2) is 4.98 Å². The van der Waals surface area contributed by atoms with E-state index in [1.165, 1.54) is 5.39 Å². The molecule has 0 fully saturated rings. The van der Waals surface area contributed by atoms with Crippen LogP contribution in [0.15, 0.2) is 91.0 Å². The van der Waals surface area contributed by atoms with Crippen LogP contribution in [0.1, 0.15) is 22.6 Å². The first kappa shape index (κ1) is 23.4. The van der Waals surface area contributed by atoms with Crippen molar-refractivity contribution in [2.75, 3.05) is 20.3 Å². The van der Waals surface area contributed by atoms with Crippen molar-refractivity contribution in [3.63, 3.8) is 0 Å². The van der Waals surface area contributed by atoms with Crippen molar-refractivity contribution >= 4 is 27.7 Å². The highest BCUT2D eigenvalue weighted by molar-refractivity contribution is 5.94. The standard InChI is InChI=1S/C30H29N3O3/c1-35-24-16-14-23(15-17-24)30(34)31-19-18-29-32-26-11-4-5-12-27(26)33(29)20-7-21-36-28-13-6-9-22-8-2-3-10-25(22)28/h2-6,8-17H,7,18-21H2,1H3,(H,31,34). The van der Waals surface area contributed by atoms with Gasteiger partial charge in [-0.1, -0.05) is 48.5 Å². The maximum atomic E-state index is 12.5. The molecule has 0 atom stereocenters. The lowest BCUT2D eigenvalue weighted by molar-refractivity contribution is 0.0954. The summed E-state index contributed by atoms with van der Waals surface area (Å²) in [6.45, 7) is 1.89. The molecule has 0 radical (unpaired) electrons. The van der Waals surface area contributed by atoms with Gasteiger partial charge in [-0.3, -0.25) is 4.79 Å². The van der Waals surface area contributed by atoms with Crippen LogP contribution in [-0.4, -0.2) is 35.7 Å². The highest BCUT2D eigenvalue weighted by Gasteiger charge is 2.12. The van der Waals surface area contributed by atoms with Crippen LogP contribution >= 0.6 is 0 Å². The Hall–Kier alpha value is -4.32. The molecular formula is C30H29N3O3. The van der Waals surface area contributed by atoms with E-state index in [0.717, 1.165) is 46.7 Å². The fraction of sp³-hybridized carbons (Fsp3) is 0.200. The van der Waals surface area contributed by atoms with Crippen molar-refractivity contribution in [3.05, 3.63) is 102 Å². The summed E-state index contributed by atoms with van der Waals surface area (Å²) in [7, 11) is 1.61. The molecule has 0 spiro atoms. The summed E-state index contributed by atoms with van der Waals surface area (Å²) >= 11 is 0. The number of para-hydroxylation sites is 2. The van der Waals surface area contributed by atoms with Gasteiger partial charge in [0.15, 0.2) is 0 Å². The van der Waals surface area contributed by atoms with Crippen LogP contribution in [-0.2, 0) is 13.0 Å². The number of aromatic nitrogens is 2. The summed E-state index contributed by atoms with van der Waals surface area (Å²) in [5, 5.41) is 5.31. The summed E-state index contributed by atoms with van der Waals surface area (Å²) in [5.74, 6) is 2.48. The zero-order valence-electron chi connectivity index (χ0n) is 20.3. The molecule has 0 aliphatic heterocycles. The van der Waals surface area contributed by atoms with Gasteiger partial charge in [0.05, 0.1) is 24.8 Å². The number of benzene rings is 4. The molecule has 6 nitrogen and oxygen atoms in total. The third kappa shape index (κ3) is 5.18. The second kappa shape index (κ2) is 11.0. The molecule has 5 aromatic rings. The molecule has 1 N–H and O–H groups in total. The maximum Gasteiger partial charge on any atom is 0.251 e. The Bertz CT molecular complexity index is 1470. The minimum atomic E-state index is -0.108. The van der Waals surface area contributed by atoms with E-state index in [4.69, 9.17) is 14.5 Å². The number of rotatable bonds is 10. The van der Waals surface area contributed by atoms with Gasteiger partial charge < -0.3 is 19.4 Å². The van der Waals surface area contributed by atoms with Crippen LogP contribution in [0, 0.1) is 0 Å². The third-order valence-electron chi connectivity index (χ3n) is 6.25. The predicted molar refractivity (Wildman–Crippen MR) is 143 cm³/mol. The second-order valence-corrected chi connectivity index (χ2v) is 8.58. The molecule has 4 aromatic carbocycles. The van der Waals surface area contributed by atoms with E-state index in [2.05, 4.69) is 34.1 Å². The van der Waals surface area contributed by atoms with Crippen LogP contribution < -0.4 is 14.8 Å². The monoisotopic (exact) mass is 479 g/mol. The topological polar surface area (TPSA) is 65.4 Å². The predicted octanol–water partition coefficient (Wildman–Crippen LogP) is 5.64. The minimum Gasteiger partial charge on any atom is -0.497 e. The first-order valence-electron chi connectivity index (χ1n) is 12.2. The average Bonchev–Trinajstić information content (AvgIpc) is 3.28. The molecule has 5 rings (SSSR count). The highest BCUT2D eigenvalue weighted by Crippen LogP contribution is 2.25. The lowest BCUT2D eigenvalue weighted by Crippen LogP contribution is -2.26. The van der Waals surface area contributed by atoms with Crippen LogP contribution in [0.2, 0.25) is 0 Å². The Morgan fingerprint density at radius 1 is 0.917 bits per heavy atom. The number of imidazole rings is 1. The van der Waals surface area contributed by atoms with E-state index >= 15 is 0 Å². The first-order valence-corrected chi connectivity index (χ1v) is 12.2. The van der Waals surface area contributed by atoms with Gasteiger partial charge in [-0.05, 0) is 54.3 Å². The van der Waals surface area contributed by atoms with Gasteiger partial charge in [0.1, 0.15) is 17.3 Å². The zero-order valence-corrected chi connectivity index (χ0v) is 20.3. The quantitative estimate of drug-likeness (QED) is 0.263. The van der Waals surface area contributed by atoms with Crippen molar-refractivity contribution < 1.29 is 14.3 Å². The molecule has 0 saturated carbocycles. The fourth-order valence-corrected chi connectivity index (χ4v) is 4.42. The van der Waals surface area contributed by atoms with Crippen molar-refractivity contribution in [3.8, 4) is 11.5 Å². The summed E-state index contributed by atoms with van der Waals surface area (Å²) in [6, 6.07) is 29.6. The third-order valence-corrected chi connectivity index (χ3v) is 6.25. The number of amides is 1. The van der Waals surface area contributed by atoms with Crippen LogP contribution in [0.25, 0.3) is 21.8 Å². The molecule has 6 heteroatoms. The van der Waals surface area contributed by atoms with Crippen molar-refractivity contribution in [1.29, 1.82) is 0 Å². The maximum absolute atomic E-state index is 12.5. The second-order valence-electron chi connectivity index (χ2n) is 8.58. The van der Waals surface area contributed by atoms with Crippen molar-refractivity contribution in [2.45, 2.75) is 19.4 Å².